The molecule has 0 aromatic heterocycles. The molecule has 0 amide bonds. The molecule has 0 saturated heterocycles. The standard InChI is InChI=1S/2C3H4O4.Ru/c2*4-2(5)1-3(6)7;/h2*1H2,(H,4,5)(H,6,7);/q;;+4/p-4. The second kappa shape index (κ2) is 10.6. The van der Waals surface area contributed by atoms with Gasteiger partial charge in [0.25, 0.3) is 0 Å². The zero-order chi connectivity index (χ0) is 11.7. The van der Waals surface area contributed by atoms with Crippen LogP contribution in [-0.2, 0) is 38.7 Å². The minimum absolute atomic E-state index is 0. The minimum Gasteiger partial charge on any atom is -0.550 e. The Labute approximate surface area is 96.3 Å². The molecule has 0 atom stereocenters. The quantitative estimate of drug-likeness (QED) is 0.366. The van der Waals surface area contributed by atoms with Crippen LogP contribution in [0.4, 0.5) is 0 Å². The summed E-state index contributed by atoms with van der Waals surface area (Å²) in [7, 11) is 0. The van der Waals surface area contributed by atoms with Gasteiger partial charge in [-0.15, -0.1) is 0 Å². The van der Waals surface area contributed by atoms with Crippen molar-refractivity contribution in [2.75, 3.05) is 0 Å². The molecule has 0 N–H and O–H groups in total. The van der Waals surface area contributed by atoms with Gasteiger partial charge in [-0.05, 0) is 0 Å². The first-order chi connectivity index (χ1) is 6.25. The first-order valence-electron chi connectivity index (χ1n) is 3.05. The summed E-state index contributed by atoms with van der Waals surface area (Å²) in [5.74, 6) is -6.50. The monoisotopic (exact) mass is 306 g/mol. The van der Waals surface area contributed by atoms with Gasteiger partial charge in [-0.3, -0.25) is 0 Å². The number of hydrogen-bond donors (Lipinski definition) is 0. The van der Waals surface area contributed by atoms with Gasteiger partial charge in [-0.2, -0.15) is 0 Å². The van der Waals surface area contributed by atoms with Gasteiger partial charge in [0.1, 0.15) is 0 Å². The van der Waals surface area contributed by atoms with Crippen LogP contribution >= 0.6 is 0 Å². The van der Waals surface area contributed by atoms with Gasteiger partial charge in [0.05, 0.1) is 0 Å². The summed E-state index contributed by atoms with van der Waals surface area (Å²) in [6.07, 6.45) is -2.06. The molecule has 0 saturated carbocycles. The summed E-state index contributed by atoms with van der Waals surface area (Å²) in [5.41, 5.74) is 0. The predicted molar refractivity (Wildman–Crippen MR) is 29.3 cm³/mol. The Balaban J connectivity index is -0.000000180. The Kier molecular flexibility index (Phi) is 13.5. The number of hydrogen-bond acceptors (Lipinski definition) is 8. The summed E-state index contributed by atoms with van der Waals surface area (Å²) in [5, 5.41) is 37.1. The maximum absolute atomic E-state index is 9.28. The van der Waals surface area contributed by atoms with Crippen LogP contribution < -0.4 is 20.4 Å². The van der Waals surface area contributed by atoms with Gasteiger partial charge in [0, 0.05) is 36.7 Å². The Bertz CT molecular complexity index is 198. The number of carbonyl (C=O) groups is 4. The molecule has 15 heavy (non-hydrogen) atoms. The van der Waals surface area contributed by atoms with Crippen molar-refractivity contribution < 1.29 is 59.1 Å². The van der Waals surface area contributed by atoms with Gasteiger partial charge in [0.2, 0.25) is 0 Å². The fraction of sp³-hybridized carbons (Fsp3) is 0.333. The van der Waals surface area contributed by atoms with Crippen LogP contribution in [0.15, 0.2) is 0 Å². The minimum atomic E-state index is -1.63. The maximum atomic E-state index is 9.28. The average Bonchev–Trinajstić information content (AvgIpc) is 1.79. The fourth-order valence-electron chi connectivity index (χ4n) is 0.236. The summed E-state index contributed by atoms with van der Waals surface area (Å²) in [4.78, 5) is 37.1. The molecular formula is C6H4O8Ru. The molecule has 0 aromatic rings. The number of carboxylic acids is 4. The van der Waals surface area contributed by atoms with Crippen LogP contribution in [0.3, 0.4) is 0 Å². The van der Waals surface area contributed by atoms with E-state index in [-0.39, 0.29) is 19.5 Å². The van der Waals surface area contributed by atoms with Crippen molar-refractivity contribution in [1.82, 2.24) is 0 Å². The molecule has 0 spiro atoms. The molecule has 0 fully saturated rings. The van der Waals surface area contributed by atoms with Crippen molar-refractivity contribution in [2.45, 2.75) is 12.8 Å². The van der Waals surface area contributed by atoms with Crippen LogP contribution in [0.2, 0.25) is 0 Å². The van der Waals surface area contributed by atoms with Gasteiger partial charge in [0.15, 0.2) is 0 Å². The van der Waals surface area contributed by atoms with Crippen molar-refractivity contribution in [3.63, 3.8) is 0 Å². The average molecular weight is 305 g/mol. The molecule has 0 aliphatic carbocycles. The van der Waals surface area contributed by atoms with Crippen LogP contribution in [0.5, 0.6) is 0 Å². The van der Waals surface area contributed by atoms with Crippen molar-refractivity contribution in [3.8, 4) is 0 Å². The molecule has 0 aliphatic rings. The Morgan fingerprint density at radius 1 is 0.600 bits per heavy atom. The van der Waals surface area contributed by atoms with E-state index in [0.717, 1.165) is 0 Å². The van der Waals surface area contributed by atoms with E-state index >= 15 is 0 Å². The summed E-state index contributed by atoms with van der Waals surface area (Å²) in [6, 6.07) is 0. The molecule has 0 unspecified atom stereocenters. The molecule has 0 aliphatic heterocycles. The number of aliphatic carboxylic acids is 4. The van der Waals surface area contributed by atoms with Crippen LogP contribution in [0.25, 0.3) is 0 Å². The first-order valence-corrected chi connectivity index (χ1v) is 3.05. The number of carbonyl (C=O) groups excluding carboxylic acids is 4. The molecule has 0 radical (unpaired) electrons. The van der Waals surface area contributed by atoms with E-state index in [9.17, 15) is 39.6 Å². The molecule has 0 aromatic carbocycles. The third-order valence-corrected chi connectivity index (χ3v) is 0.577. The molecule has 84 valence electrons. The zero-order valence-corrected chi connectivity index (χ0v) is 8.77. The summed E-state index contributed by atoms with van der Waals surface area (Å²) >= 11 is 0. The van der Waals surface area contributed by atoms with Crippen molar-refractivity contribution in [1.29, 1.82) is 0 Å². The SMILES string of the molecule is O=C([O-])CC(=O)[O-].O=C([O-])CC(=O)[O-].[Ru+4]. The van der Waals surface area contributed by atoms with E-state index in [4.69, 9.17) is 0 Å². The van der Waals surface area contributed by atoms with Gasteiger partial charge >= 0.3 is 19.5 Å². The Morgan fingerprint density at radius 2 is 0.733 bits per heavy atom. The van der Waals surface area contributed by atoms with Crippen molar-refractivity contribution in [3.05, 3.63) is 0 Å². The van der Waals surface area contributed by atoms with Crippen LogP contribution in [0.1, 0.15) is 12.8 Å². The van der Waals surface area contributed by atoms with Gasteiger partial charge in [-0.25, -0.2) is 0 Å². The third kappa shape index (κ3) is 32.6. The Hall–Kier alpha value is -1.50. The molecule has 8 nitrogen and oxygen atoms in total. The predicted octanol–water partition coefficient (Wildman–Crippen LogP) is -6.25. The second-order valence-corrected chi connectivity index (χ2v) is 1.84. The van der Waals surface area contributed by atoms with Gasteiger partial charge < -0.3 is 39.6 Å². The van der Waals surface area contributed by atoms with Crippen molar-refractivity contribution >= 4 is 23.9 Å². The largest absolute Gasteiger partial charge is 4.00 e. The second-order valence-electron chi connectivity index (χ2n) is 1.84. The first kappa shape index (κ1) is 19.1. The van der Waals surface area contributed by atoms with E-state index < -0.39 is 36.7 Å². The van der Waals surface area contributed by atoms with E-state index in [1.165, 1.54) is 0 Å². The van der Waals surface area contributed by atoms with Crippen LogP contribution in [-0.4, -0.2) is 23.9 Å². The summed E-state index contributed by atoms with van der Waals surface area (Å²) in [6.45, 7) is 0. The van der Waals surface area contributed by atoms with E-state index in [0.29, 0.717) is 0 Å². The topological polar surface area (TPSA) is 161 Å². The molecule has 0 heterocycles. The normalized spacial score (nSPS) is 7.47. The summed E-state index contributed by atoms with van der Waals surface area (Å²) < 4.78 is 0. The third-order valence-electron chi connectivity index (χ3n) is 0.577. The van der Waals surface area contributed by atoms with Crippen LogP contribution in [0, 0.1) is 0 Å². The smallest absolute Gasteiger partial charge is 0.550 e. The maximum Gasteiger partial charge on any atom is 4.00 e. The van der Waals surface area contributed by atoms with E-state index in [2.05, 4.69) is 0 Å². The van der Waals surface area contributed by atoms with E-state index in [1.54, 1.807) is 0 Å². The molecular weight excluding hydrogens is 301 g/mol. The molecule has 0 bridgehead atoms. The Morgan fingerprint density at radius 3 is 0.733 bits per heavy atom. The van der Waals surface area contributed by atoms with E-state index in [1.807, 2.05) is 0 Å². The molecule has 9 heteroatoms. The number of rotatable bonds is 4. The van der Waals surface area contributed by atoms with Gasteiger partial charge in [-0.1, -0.05) is 0 Å². The molecule has 0 rings (SSSR count). The number of carboxylic acid groups (broad SMARTS) is 4. The fourth-order valence-corrected chi connectivity index (χ4v) is 0.236. The zero-order valence-electron chi connectivity index (χ0n) is 7.03. The van der Waals surface area contributed by atoms with Crippen molar-refractivity contribution in [2.24, 2.45) is 0 Å².